The largest absolute Gasteiger partial charge is 0.480 e. The molecule has 0 spiro atoms. The van der Waals surface area contributed by atoms with Crippen molar-refractivity contribution >= 4 is 17.6 Å². The summed E-state index contributed by atoms with van der Waals surface area (Å²) in [5.74, 6) is 0.966. The van der Waals surface area contributed by atoms with Gasteiger partial charge in [0, 0.05) is 0 Å². The first-order chi connectivity index (χ1) is 8.93. The number of nitrogens with zero attached hydrogens (tertiary/aromatic N) is 2. The van der Waals surface area contributed by atoms with E-state index in [4.69, 9.17) is 11.5 Å². The van der Waals surface area contributed by atoms with Crippen molar-refractivity contribution in [2.24, 2.45) is 0 Å². The molecular weight excluding hydrogens is 248 g/mol. The number of carboxylic acid groups (broad SMARTS) is 1. The summed E-state index contributed by atoms with van der Waals surface area (Å²) >= 11 is 0. The smallest absolute Gasteiger partial charge is 0.317 e. The Labute approximate surface area is 111 Å². The second-order valence-electron chi connectivity index (χ2n) is 4.10. The molecule has 0 aliphatic rings. The number of hydrogen-bond donors (Lipinski definition) is 3. The number of carbonyl (C=O) groups excluding carboxylic acids is 1. The van der Waals surface area contributed by atoms with Gasteiger partial charge in [0.2, 0.25) is 5.91 Å². The topological polar surface area (TPSA) is 98.3 Å². The van der Waals surface area contributed by atoms with Gasteiger partial charge in [0.15, 0.2) is 0 Å². The van der Waals surface area contributed by atoms with Gasteiger partial charge in [-0.1, -0.05) is 5.92 Å². The molecule has 7 nitrogen and oxygen atoms in total. The van der Waals surface area contributed by atoms with E-state index in [2.05, 4.69) is 21.4 Å². The number of anilines is 1. The van der Waals surface area contributed by atoms with E-state index in [9.17, 15) is 9.59 Å². The van der Waals surface area contributed by atoms with Crippen molar-refractivity contribution in [1.29, 1.82) is 0 Å². The van der Waals surface area contributed by atoms with E-state index in [1.54, 1.807) is 13.8 Å². The Hall–Kier alpha value is -2.33. The standard InChI is InChI=1S/C12H16N4O3/c1-4-5-16(7-11(18)19)6-10(17)13-12-8(2)14-15-9(12)3/h1H,5-7H2,2-3H3,(H,13,17)(H,14,15)(H,18,19). The average Bonchev–Trinajstić information content (AvgIpc) is 2.60. The van der Waals surface area contributed by atoms with E-state index in [-0.39, 0.29) is 25.5 Å². The van der Waals surface area contributed by atoms with Gasteiger partial charge >= 0.3 is 5.97 Å². The minimum Gasteiger partial charge on any atom is -0.480 e. The maximum atomic E-state index is 11.8. The van der Waals surface area contributed by atoms with Gasteiger partial charge in [0.1, 0.15) is 0 Å². The molecule has 102 valence electrons. The summed E-state index contributed by atoms with van der Waals surface area (Å²) in [6.07, 6.45) is 5.13. The number of amides is 1. The monoisotopic (exact) mass is 264 g/mol. The highest BCUT2D eigenvalue weighted by atomic mass is 16.4. The summed E-state index contributed by atoms with van der Waals surface area (Å²) in [6, 6.07) is 0. The van der Waals surface area contributed by atoms with Crippen LogP contribution in [0.1, 0.15) is 11.4 Å². The number of H-pyrrole nitrogens is 1. The molecule has 0 saturated heterocycles. The number of aliphatic carboxylic acids is 1. The lowest BCUT2D eigenvalue weighted by atomic mass is 10.3. The van der Waals surface area contributed by atoms with Crippen LogP contribution in [0.4, 0.5) is 5.69 Å². The van der Waals surface area contributed by atoms with Crippen LogP contribution in [0.3, 0.4) is 0 Å². The van der Waals surface area contributed by atoms with E-state index < -0.39 is 5.97 Å². The van der Waals surface area contributed by atoms with Crippen LogP contribution in [-0.2, 0) is 9.59 Å². The molecule has 0 atom stereocenters. The van der Waals surface area contributed by atoms with Gasteiger partial charge in [-0.2, -0.15) is 5.10 Å². The maximum Gasteiger partial charge on any atom is 0.317 e. The predicted molar refractivity (Wildman–Crippen MR) is 69.6 cm³/mol. The molecule has 0 radical (unpaired) electrons. The highest BCUT2D eigenvalue weighted by Crippen LogP contribution is 2.15. The van der Waals surface area contributed by atoms with Gasteiger partial charge in [0.05, 0.1) is 36.7 Å². The van der Waals surface area contributed by atoms with Crippen molar-refractivity contribution < 1.29 is 14.7 Å². The fourth-order valence-electron chi connectivity index (χ4n) is 1.61. The third-order valence-electron chi connectivity index (χ3n) is 2.43. The maximum absolute atomic E-state index is 11.8. The van der Waals surface area contributed by atoms with E-state index in [1.165, 1.54) is 4.90 Å². The summed E-state index contributed by atoms with van der Waals surface area (Å²) in [5, 5.41) is 18.1. The Morgan fingerprint density at radius 3 is 2.63 bits per heavy atom. The second-order valence-corrected chi connectivity index (χ2v) is 4.10. The Morgan fingerprint density at radius 1 is 1.47 bits per heavy atom. The molecule has 0 aliphatic carbocycles. The molecule has 7 heteroatoms. The lowest BCUT2D eigenvalue weighted by molar-refractivity contribution is -0.138. The second kappa shape index (κ2) is 6.56. The van der Waals surface area contributed by atoms with Gasteiger partial charge in [-0.3, -0.25) is 19.6 Å². The number of aromatic nitrogens is 2. The number of hydrogen-bond acceptors (Lipinski definition) is 4. The van der Waals surface area contributed by atoms with Gasteiger partial charge in [-0.25, -0.2) is 0 Å². The van der Waals surface area contributed by atoms with E-state index in [0.717, 1.165) is 5.69 Å². The molecule has 3 N–H and O–H groups in total. The minimum absolute atomic E-state index is 0.0828. The number of nitrogens with one attached hydrogen (secondary N) is 2. The zero-order chi connectivity index (χ0) is 14.4. The SMILES string of the molecule is C#CCN(CC(=O)O)CC(=O)Nc1c(C)n[nH]c1C. The van der Waals surface area contributed by atoms with Crippen LogP contribution in [0.15, 0.2) is 0 Å². The number of terminal acetylenes is 1. The van der Waals surface area contributed by atoms with Gasteiger partial charge in [0.25, 0.3) is 0 Å². The molecule has 1 rings (SSSR count). The number of aromatic amines is 1. The van der Waals surface area contributed by atoms with Gasteiger partial charge in [-0.15, -0.1) is 6.42 Å². The van der Waals surface area contributed by atoms with E-state index >= 15 is 0 Å². The fraction of sp³-hybridized carbons (Fsp3) is 0.417. The Kier molecular flexibility index (Phi) is 5.09. The van der Waals surface area contributed by atoms with Crippen molar-refractivity contribution in [2.75, 3.05) is 25.0 Å². The molecule has 0 aromatic carbocycles. The Balaban J connectivity index is 2.63. The first-order valence-electron chi connectivity index (χ1n) is 5.63. The van der Waals surface area contributed by atoms with Crippen molar-refractivity contribution in [1.82, 2.24) is 15.1 Å². The van der Waals surface area contributed by atoms with Crippen LogP contribution in [0.25, 0.3) is 0 Å². The predicted octanol–water partition coefficient (Wildman–Crippen LogP) is -0.0152. The molecule has 0 bridgehead atoms. The highest BCUT2D eigenvalue weighted by molar-refractivity contribution is 5.93. The first kappa shape index (κ1) is 14.7. The summed E-state index contributed by atoms with van der Waals surface area (Å²) in [5.41, 5.74) is 2.03. The third kappa shape index (κ3) is 4.44. The summed E-state index contributed by atoms with van der Waals surface area (Å²) < 4.78 is 0. The molecule has 1 aromatic rings. The van der Waals surface area contributed by atoms with Crippen LogP contribution in [0.5, 0.6) is 0 Å². The zero-order valence-corrected chi connectivity index (χ0v) is 10.9. The number of aryl methyl sites for hydroxylation is 2. The number of rotatable bonds is 6. The van der Waals surface area contributed by atoms with Crippen molar-refractivity contribution in [3.8, 4) is 12.3 Å². The normalized spacial score (nSPS) is 10.2. The summed E-state index contributed by atoms with van der Waals surface area (Å²) in [6.45, 7) is 3.28. The molecular formula is C12H16N4O3. The van der Waals surface area contributed by atoms with Crippen molar-refractivity contribution in [3.05, 3.63) is 11.4 Å². The molecule has 0 fully saturated rings. The number of carboxylic acids is 1. The summed E-state index contributed by atoms with van der Waals surface area (Å²) in [7, 11) is 0. The number of carbonyl (C=O) groups is 2. The van der Waals surface area contributed by atoms with Crippen LogP contribution >= 0.6 is 0 Å². The lowest BCUT2D eigenvalue weighted by Crippen LogP contribution is -2.37. The first-order valence-corrected chi connectivity index (χ1v) is 5.63. The molecule has 1 heterocycles. The van der Waals surface area contributed by atoms with E-state index in [0.29, 0.717) is 11.4 Å². The Morgan fingerprint density at radius 2 is 2.16 bits per heavy atom. The highest BCUT2D eigenvalue weighted by Gasteiger charge is 2.15. The molecule has 1 aromatic heterocycles. The van der Waals surface area contributed by atoms with Crippen LogP contribution in [0.2, 0.25) is 0 Å². The molecule has 1 amide bonds. The van der Waals surface area contributed by atoms with E-state index in [1.807, 2.05) is 0 Å². The summed E-state index contributed by atoms with van der Waals surface area (Å²) in [4.78, 5) is 23.8. The minimum atomic E-state index is -1.03. The molecule has 0 aliphatic heterocycles. The van der Waals surface area contributed by atoms with Crippen molar-refractivity contribution in [2.45, 2.75) is 13.8 Å². The van der Waals surface area contributed by atoms with Crippen molar-refractivity contribution in [3.63, 3.8) is 0 Å². The molecule has 0 unspecified atom stereocenters. The van der Waals surface area contributed by atoms with Crippen LogP contribution in [0, 0.1) is 26.2 Å². The third-order valence-corrected chi connectivity index (χ3v) is 2.43. The Bertz CT molecular complexity index is 496. The average molecular weight is 264 g/mol. The molecule has 0 saturated carbocycles. The van der Waals surface area contributed by atoms with Gasteiger partial charge < -0.3 is 10.4 Å². The zero-order valence-electron chi connectivity index (χ0n) is 10.9. The lowest BCUT2D eigenvalue weighted by Gasteiger charge is -2.16. The molecule has 19 heavy (non-hydrogen) atoms. The van der Waals surface area contributed by atoms with Crippen LogP contribution < -0.4 is 5.32 Å². The quantitative estimate of drug-likeness (QED) is 0.627. The fourth-order valence-corrected chi connectivity index (χ4v) is 1.61. The van der Waals surface area contributed by atoms with Crippen LogP contribution in [-0.4, -0.2) is 51.7 Å². The van der Waals surface area contributed by atoms with Gasteiger partial charge in [-0.05, 0) is 13.8 Å².